The highest BCUT2D eigenvalue weighted by Crippen LogP contribution is 2.22. The monoisotopic (exact) mass is 399 g/mol. The lowest BCUT2D eigenvalue weighted by molar-refractivity contribution is 0.256. The summed E-state index contributed by atoms with van der Waals surface area (Å²) in [6.45, 7) is 5.01. The first-order valence-corrected chi connectivity index (χ1v) is 10.7. The first kappa shape index (κ1) is 19.0. The molecule has 1 fully saturated rings. The van der Waals surface area contributed by atoms with E-state index in [-0.39, 0.29) is 10.0 Å². The van der Waals surface area contributed by atoms with E-state index >= 15 is 0 Å². The Labute approximate surface area is 156 Å². The number of sulfonamides is 1. The molecule has 0 saturated carbocycles. The Morgan fingerprint density at radius 3 is 2.62 bits per heavy atom. The minimum Gasteiger partial charge on any atom is -0.367 e. The maximum atomic E-state index is 13.8. The van der Waals surface area contributed by atoms with Gasteiger partial charge in [-0.2, -0.15) is 0 Å². The Balaban J connectivity index is 1.38. The molecule has 1 aromatic carbocycles. The number of piperazine rings is 1. The summed E-state index contributed by atoms with van der Waals surface area (Å²) in [5.74, 6) is -0.174. The molecule has 0 aliphatic carbocycles. The average Bonchev–Trinajstić information content (AvgIpc) is 3.09. The number of rotatable bonds is 7. The zero-order valence-electron chi connectivity index (χ0n) is 14.3. The van der Waals surface area contributed by atoms with Crippen molar-refractivity contribution >= 4 is 32.2 Å². The summed E-state index contributed by atoms with van der Waals surface area (Å²) in [6.07, 6.45) is 2.17. The molecule has 2 aromatic rings. The van der Waals surface area contributed by atoms with Crippen molar-refractivity contribution in [1.29, 1.82) is 0 Å². The Morgan fingerprint density at radius 2 is 1.96 bits per heavy atom. The van der Waals surface area contributed by atoms with Crippen molar-refractivity contribution in [3.05, 3.63) is 36.3 Å². The smallest absolute Gasteiger partial charge is 0.249 e. The second-order valence-electron chi connectivity index (χ2n) is 6.09. The van der Waals surface area contributed by atoms with E-state index in [0.717, 1.165) is 50.5 Å². The van der Waals surface area contributed by atoms with E-state index in [1.807, 2.05) is 12.1 Å². The molecule has 0 atom stereocenters. The number of nitrogens with zero attached hydrogens (tertiary/aromatic N) is 3. The van der Waals surface area contributed by atoms with Gasteiger partial charge in [-0.1, -0.05) is 23.5 Å². The molecule has 0 spiro atoms. The largest absolute Gasteiger partial charge is 0.367 e. The predicted octanol–water partition coefficient (Wildman–Crippen LogP) is 1.55. The number of primary sulfonamides is 1. The van der Waals surface area contributed by atoms with Crippen molar-refractivity contribution in [1.82, 2.24) is 9.88 Å². The van der Waals surface area contributed by atoms with Crippen LogP contribution in [0.15, 0.2) is 34.7 Å². The van der Waals surface area contributed by atoms with Gasteiger partial charge in [-0.3, -0.25) is 4.90 Å². The second-order valence-corrected chi connectivity index (χ2v) is 8.91. The number of benzene rings is 1. The highest BCUT2D eigenvalue weighted by atomic mass is 32.2. The van der Waals surface area contributed by atoms with E-state index in [9.17, 15) is 12.8 Å². The molecule has 7 nitrogen and oxygen atoms in total. The summed E-state index contributed by atoms with van der Waals surface area (Å²) in [5, 5.41) is 8.74. The van der Waals surface area contributed by atoms with Crippen LogP contribution >= 0.6 is 11.3 Å². The van der Waals surface area contributed by atoms with Crippen LogP contribution in [0.2, 0.25) is 0 Å². The first-order chi connectivity index (χ1) is 12.4. The normalized spacial score (nSPS) is 16.0. The van der Waals surface area contributed by atoms with Gasteiger partial charge in [0.25, 0.3) is 0 Å². The van der Waals surface area contributed by atoms with E-state index in [4.69, 9.17) is 5.14 Å². The Hall–Kier alpha value is -1.75. The van der Waals surface area contributed by atoms with Crippen LogP contribution in [-0.2, 0) is 10.0 Å². The van der Waals surface area contributed by atoms with Gasteiger partial charge in [0.05, 0.1) is 11.9 Å². The molecular weight excluding hydrogens is 377 g/mol. The van der Waals surface area contributed by atoms with Crippen molar-refractivity contribution < 1.29 is 12.8 Å². The van der Waals surface area contributed by atoms with Crippen LogP contribution < -0.4 is 15.4 Å². The molecule has 1 aliphatic heterocycles. The number of aromatic nitrogens is 1. The van der Waals surface area contributed by atoms with E-state index in [2.05, 4.69) is 20.1 Å². The van der Waals surface area contributed by atoms with Crippen molar-refractivity contribution in [3.63, 3.8) is 0 Å². The van der Waals surface area contributed by atoms with Crippen LogP contribution in [0.4, 0.5) is 15.2 Å². The van der Waals surface area contributed by atoms with Gasteiger partial charge >= 0.3 is 0 Å². The number of nitrogens with one attached hydrogen (secondary N) is 1. The topological polar surface area (TPSA) is 91.6 Å². The molecule has 1 aromatic heterocycles. The van der Waals surface area contributed by atoms with Gasteiger partial charge in [0.1, 0.15) is 5.82 Å². The molecule has 1 aliphatic rings. The third-order valence-corrected chi connectivity index (χ3v) is 6.62. The number of halogens is 1. The second kappa shape index (κ2) is 8.30. The van der Waals surface area contributed by atoms with Crippen molar-refractivity contribution in [2.45, 2.75) is 10.6 Å². The average molecular weight is 400 g/mol. The van der Waals surface area contributed by atoms with Crippen LogP contribution in [0.5, 0.6) is 0 Å². The third-order valence-electron chi connectivity index (χ3n) is 4.26. The summed E-state index contributed by atoms with van der Waals surface area (Å²) in [6, 6.07) is 6.87. The minimum atomic E-state index is -3.68. The number of hydrogen-bond donors (Lipinski definition) is 2. The molecule has 3 rings (SSSR count). The Bertz CT molecular complexity index is 835. The molecule has 2 heterocycles. The standard InChI is InChI=1S/C16H22FN5O2S2/c17-13-4-1-2-5-14(13)22-10-8-21(9-11-22)7-3-6-19-16-20-12-15(25-16)26(18,23)24/h1-2,4-5,12H,3,6-11H2,(H,19,20)(H2,18,23,24). The van der Waals surface area contributed by atoms with Crippen LogP contribution in [0.3, 0.4) is 0 Å². The fourth-order valence-corrected chi connectivity index (χ4v) is 4.37. The number of para-hydroxylation sites is 1. The van der Waals surface area contributed by atoms with Crippen LogP contribution in [0, 0.1) is 5.82 Å². The van der Waals surface area contributed by atoms with Crippen molar-refractivity contribution in [2.75, 3.05) is 49.5 Å². The predicted molar refractivity (Wildman–Crippen MR) is 102 cm³/mol. The molecule has 10 heteroatoms. The van der Waals surface area contributed by atoms with Crippen LogP contribution in [0.25, 0.3) is 0 Å². The van der Waals surface area contributed by atoms with Crippen molar-refractivity contribution in [3.8, 4) is 0 Å². The number of anilines is 2. The highest BCUT2D eigenvalue weighted by molar-refractivity contribution is 7.91. The van der Waals surface area contributed by atoms with Crippen LogP contribution in [0.1, 0.15) is 6.42 Å². The summed E-state index contributed by atoms with van der Waals surface area (Å²) in [5.41, 5.74) is 0.670. The van der Waals surface area contributed by atoms with Gasteiger partial charge in [0.2, 0.25) is 10.0 Å². The van der Waals surface area contributed by atoms with Gasteiger partial charge in [0, 0.05) is 32.7 Å². The fourth-order valence-electron chi connectivity index (χ4n) is 2.89. The van der Waals surface area contributed by atoms with E-state index in [1.165, 1.54) is 12.3 Å². The first-order valence-electron chi connectivity index (χ1n) is 8.38. The summed E-state index contributed by atoms with van der Waals surface area (Å²) >= 11 is 1.03. The summed E-state index contributed by atoms with van der Waals surface area (Å²) < 4.78 is 36.3. The third kappa shape index (κ3) is 4.91. The Morgan fingerprint density at radius 1 is 1.23 bits per heavy atom. The molecule has 1 saturated heterocycles. The molecule has 26 heavy (non-hydrogen) atoms. The lowest BCUT2D eigenvalue weighted by atomic mass is 10.2. The SMILES string of the molecule is NS(=O)(=O)c1cnc(NCCCN2CCN(c3ccccc3F)CC2)s1. The van der Waals surface area contributed by atoms with E-state index < -0.39 is 10.0 Å². The molecule has 142 valence electrons. The number of hydrogen-bond acceptors (Lipinski definition) is 7. The van der Waals surface area contributed by atoms with E-state index in [1.54, 1.807) is 6.07 Å². The van der Waals surface area contributed by atoms with Crippen molar-refractivity contribution in [2.24, 2.45) is 5.14 Å². The number of nitrogens with two attached hydrogens (primary N) is 1. The summed E-state index contributed by atoms with van der Waals surface area (Å²) in [4.78, 5) is 8.43. The zero-order valence-corrected chi connectivity index (χ0v) is 15.9. The van der Waals surface area contributed by atoms with Gasteiger partial charge < -0.3 is 10.2 Å². The lowest BCUT2D eigenvalue weighted by Gasteiger charge is -2.36. The lowest BCUT2D eigenvalue weighted by Crippen LogP contribution is -2.47. The summed E-state index contributed by atoms with van der Waals surface area (Å²) in [7, 11) is -3.68. The minimum absolute atomic E-state index is 0.0595. The number of thiazole rings is 1. The molecule has 0 amide bonds. The molecule has 0 unspecified atom stereocenters. The maximum Gasteiger partial charge on any atom is 0.249 e. The van der Waals surface area contributed by atoms with Gasteiger partial charge in [-0.15, -0.1) is 0 Å². The quantitative estimate of drug-likeness (QED) is 0.687. The van der Waals surface area contributed by atoms with E-state index in [0.29, 0.717) is 17.4 Å². The molecular formula is C16H22FN5O2S2. The van der Waals surface area contributed by atoms with Crippen LogP contribution in [-0.4, -0.2) is 57.6 Å². The zero-order chi connectivity index (χ0) is 18.6. The van der Waals surface area contributed by atoms with Gasteiger partial charge in [-0.05, 0) is 25.1 Å². The molecule has 3 N–H and O–H groups in total. The molecule has 0 bridgehead atoms. The molecule has 0 radical (unpaired) electrons. The maximum absolute atomic E-state index is 13.8. The Kier molecular flexibility index (Phi) is 6.07. The van der Waals surface area contributed by atoms with Gasteiger partial charge in [-0.25, -0.2) is 22.9 Å². The van der Waals surface area contributed by atoms with Gasteiger partial charge in [0.15, 0.2) is 9.34 Å². The highest BCUT2D eigenvalue weighted by Gasteiger charge is 2.19. The fraction of sp³-hybridized carbons (Fsp3) is 0.438.